The minimum atomic E-state index is -0.433. The quantitative estimate of drug-likeness (QED) is 0.794. The van der Waals surface area contributed by atoms with Gasteiger partial charge in [0.2, 0.25) is 11.8 Å². The Morgan fingerprint density at radius 3 is 2.83 bits per heavy atom. The molecule has 1 aliphatic heterocycles. The summed E-state index contributed by atoms with van der Waals surface area (Å²) in [5.41, 5.74) is 0.618. The van der Waals surface area contributed by atoms with E-state index in [9.17, 15) is 14.0 Å². The van der Waals surface area contributed by atoms with Gasteiger partial charge in [0.15, 0.2) is 0 Å². The van der Waals surface area contributed by atoms with Gasteiger partial charge in [0.1, 0.15) is 11.9 Å². The fraction of sp³-hybridized carbons (Fsp3) is 0.412. The van der Waals surface area contributed by atoms with E-state index in [0.717, 1.165) is 0 Å². The molecule has 1 aliphatic rings. The highest BCUT2D eigenvalue weighted by molar-refractivity contribution is 7.99. The molecule has 124 valence electrons. The van der Waals surface area contributed by atoms with Crippen molar-refractivity contribution >= 4 is 29.7 Å². The van der Waals surface area contributed by atoms with E-state index in [1.807, 2.05) is 13.8 Å². The number of halogens is 1. The van der Waals surface area contributed by atoms with E-state index in [4.69, 9.17) is 0 Å². The lowest BCUT2D eigenvalue weighted by molar-refractivity contribution is -0.141. The largest absolute Gasteiger partial charge is 0.342 e. The summed E-state index contributed by atoms with van der Waals surface area (Å²) in [5, 5.41) is 0. The van der Waals surface area contributed by atoms with Crippen molar-refractivity contribution in [1.82, 2.24) is 9.80 Å². The van der Waals surface area contributed by atoms with Crippen molar-refractivity contribution in [3.8, 4) is 0 Å². The van der Waals surface area contributed by atoms with Crippen LogP contribution in [-0.4, -0.2) is 52.4 Å². The van der Waals surface area contributed by atoms with Crippen LogP contribution in [0.3, 0.4) is 0 Å². The number of hydrogen-bond donors (Lipinski definition) is 0. The second kappa shape index (κ2) is 7.64. The van der Waals surface area contributed by atoms with Crippen LogP contribution in [0.1, 0.15) is 19.4 Å². The van der Waals surface area contributed by atoms with Crippen LogP contribution >= 0.6 is 11.8 Å². The van der Waals surface area contributed by atoms with Crippen molar-refractivity contribution in [2.45, 2.75) is 25.9 Å². The second-order valence-corrected chi connectivity index (χ2v) is 6.75. The number of hydrogen-bond acceptors (Lipinski definition) is 3. The van der Waals surface area contributed by atoms with Gasteiger partial charge in [0.25, 0.3) is 0 Å². The van der Waals surface area contributed by atoms with E-state index in [-0.39, 0.29) is 23.7 Å². The summed E-state index contributed by atoms with van der Waals surface area (Å²) >= 11 is 1.56. The summed E-state index contributed by atoms with van der Waals surface area (Å²) in [6.45, 7) is 3.88. The predicted octanol–water partition coefficient (Wildman–Crippen LogP) is 2.61. The monoisotopic (exact) mass is 336 g/mol. The lowest BCUT2D eigenvalue weighted by atomic mass is 10.2. The molecule has 1 aromatic carbocycles. The molecule has 0 radical (unpaired) electrons. The minimum absolute atomic E-state index is 0.0440. The molecular weight excluding hydrogens is 315 g/mol. The number of likely N-dealkylation sites (N-methyl/N-ethyl adjacent to an activating group) is 1. The molecule has 2 rings (SSSR count). The van der Waals surface area contributed by atoms with E-state index in [0.29, 0.717) is 17.2 Å². The fourth-order valence-electron chi connectivity index (χ4n) is 2.23. The summed E-state index contributed by atoms with van der Waals surface area (Å²) in [6, 6.07) is 5.69. The van der Waals surface area contributed by atoms with Crippen molar-refractivity contribution in [1.29, 1.82) is 0 Å². The third-order valence-corrected chi connectivity index (χ3v) is 4.85. The van der Waals surface area contributed by atoms with Gasteiger partial charge in [-0.15, -0.1) is 11.8 Å². The van der Waals surface area contributed by atoms with Gasteiger partial charge in [0, 0.05) is 24.9 Å². The van der Waals surface area contributed by atoms with E-state index in [1.165, 1.54) is 18.2 Å². The molecule has 0 spiro atoms. The van der Waals surface area contributed by atoms with Crippen LogP contribution in [0, 0.1) is 5.82 Å². The van der Waals surface area contributed by atoms with Gasteiger partial charge in [-0.2, -0.15) is 0 Å². The molecule has 1 saturated heterocycles. The average Bonchev–Trinajstić information content (AvgIpc) is 3.00. The molecule has 0 aromatic heterocycles. The van der Waals surface area contributed by atoms with Crippen molar-refractivity contribution in [2.75, 3.05) is 18.7 Å². The lowest BCUT2D eigenvalue weighted by Crippen LogP contribution is -2.49. The average molecular weight is 336 g/mol. The maximum atomic E-state index is 13.1. The Morgan fingerprint density at radius 1 is 1.43 bits per heavy atom. The Kier molecular flexibility index (Phi) is 5.82. The van der Waals surface area contributed by atoms with Gasteiger partial charge < -0.3 is 9.80 Å². The van der Waals surface area contributed by atoms with Crippen molar-refractivity contribution in [3.63, 3.8) is 0 Å². The maximum absolute atomic E-state index is 13.1. The van der Waals surface area contributed by atoms with Crippen molar-refractivity contribution in [3.05, 3.63) is 41.7 Å². The Labute approximate surface area is 140 Å². The van der Waals surface area contributed by atoms with Crippen LogP contribution in [-0.2, 0) is 9.59 Å². The Bertz CT molecular complexity index is 618. The zero-order valence-electron chi connectivity index (χ0n) is 13.5. The second-order valence-electron chi connectivity index (χ2n) is 5.75. The van der Waals surface area contributed by atoms with Crippen molar-refractivity contribution < 1.29 is 14.0 Å². The van der Waals surface area contributed by atoms with Crippen LogP contribution in [0.5, 0.6) is 0 Å². The van der Waals surface area contributed by atoms with Gasteiger partial charge in [-0.05, 0) is 37.6 Å². The maximum Gasteiger partial charge on any atom is 0.247 e. The van der Waals surface area contributed by atoms with Gasteiger partial charge in [0.05, 0.1) is 5.88 Å². The Hall–Kier alpha value is -1.82. The molecule has 2 amide bonds. The zero-order chi connectivity index (χ0) is 17.0. The first kappa shape index (κ1) is 17.5. The van der Waals surface area contributed by atoms with Gasteiger partial charge in [-0.25, -0.2) is 4.39 Å². The minimum Gasteiger partial charge on any atom is -0.342 e. The highest BCUT2D eigenvalue weighted by Gasteiger charge is 2.35. The molecular formula is C17H21FN2O2S. The first-order valence-corrected chi connectivity index (χ1v) is 8.64. The summed E-state index contributed by atoms with van der Waals surface area (Å²) in [5.74, 6) is 0.486. The SMILES string of the molecule is CC(C)N(C)C(=O)C1CSCN1C(=O)C=Cc1cccc(F)c1. The van der Waals surface area contributed by atoms with Crippen LogP contribution in [0.15, 0.2) is 30.3 Å². The highest BCUT2D eigenvalue weighted by Crippen LogP contribution is 2.23. The smallest absolute Gasteiger partial charge is 0.247 e. The summed E-state index contributed by atoms with van der Waals surface area (Å²) in [4.78, 5) is 28.1. The van der Waals surface area contributed by atoms with Gasteiger partial charge >= 0.3 is 0 Å². The molecule has 1 atom stereocenters. The topological polar surface area (TPSA) is 40.6 Å². The molecule has 0 aliphatic carbocycles. The predicted molar refractivity (Wildman–Crippen MR) is 91.3 cm³/mol. The van der Waals surface area contributed by atoms with E-state index in [2.05, 4.69) is 0 Å². The zero-order valence-corrected chi connectivity index (χ0v) is 14.3. The highest BCUT2D eigenvalue weighted by atomic mass is 32.2. The Morgan fingerprint density at radius 2 is 2.17 bits per heavy atom. The number of carbonyl (C=O) groups excluding carboxylic acids is 2. The van der Waals surface area contributed by atoms with Crippen molar-refractivity contribution in [2.24, 2.45) is 0 Å². The number of thioether (sulfide) groups is 1. The Balaban J connectivity index is 2.07. The van der Waals surface area contributed by atoms with E-state index in [1.54, 1.807) is 46.8 Å². The molecule has 1 fully saturated rings. The molecule has 23 heavy (non-hydrogen) atoms. The number of rotatable bonds is 4. The molecule has 0 bridgehead atoms. The number of amides is 2. The van der Waals surface area contributed by atoms with Gasteiger partial charge in [-0.3, -0.25) is 9.59 Å². The third kappa shape index (κ3) is 4.34. The molecule has 1 unspecified atom stereocenters. The molecule has 4 nitrogen and oxygen atoms in total. The summed E-state index contributed by atoms with van der Waals surface area (Å²) in [7, 11) is 1.75. The first-order chi connectivity index (χ1) is 10.9. The standard InChI is InChI=1S/C17H21FN2O2S/c1-12(2)19(3)17(22)15-10-23-11-20(15)16(21)8-7-13-5-4-6-14(18)9-13/h4-9,12,15H,10-11H2,1-3H3. The number of nitrogens with zero attached hydrogens (tertiary/aromatic N) is 2. The summed E-state index contributed by atoms with van der Waals surface area (Å²) < 4.78 is 13.1. The van der Waals surface area contributed by atoms with Crippen LogP contribution in [0.2, 0.25) is 0 Å². The molecule has 1 aromatic rings. The first-order valence-electron chi connectivity index (χ1n) is 7.49. The van der Waals surface area contributed by atoms with Gasteiger partial charge in [-0.1, -0.05) is 12.1 Å². The lowest BCUT2D eigenvalue weighted by Gasteiger charge is -2.29. The molecule has 0 N–H and O–H groups in total. The fourth-order valence-corrected chi connectivity index (χ4v) is 3.38. The number of benzene rings is 1. The van der Waals surface area contributed by atoms with E-state index < -0.39 is 6.04 Å². The summed E-state index contributed by atoms with van der Waals surface area (Å²) in [6.07, 6.45) is 2.97. The molecule has 6 heteroatoms. The van der Waals surface area contributed by atoms with Crippen LogP contribution in [0.25, 0.3) is 6.08 Å². The molecule has 1 heterocycles. The number of carbonyl (C=O) groups is 2. The van der Waals surface area contributed by atoms with Crippen LogP contribution in [0.4, 0.5) is 4.39 Å². The van der Waals surface area contributed by atoms with E-state index >= 15 is 0 Å². The van der Waals surface area contributed by atoms with Crippen LogP contribution < -0.4 is 0 Å². The molecule has 0 saturated carbocycles. The normalized spacial score (nSPS) is 18.0. The third-order valence-electron chi connectivity index (χ3n) is 3.84.